The van der Waals surface area contributed by atoms with E-state index in [4.69, 9.17) is 4.74 Å². The summed E-state index contributed by atoms with van der Waals surface area (Å²) >= 11 is 0. The van der Waals surface area contributed by atoms with E-state index in [1.165, 1.54) is 32.1 Å². The quantitative estimate of drug-likeness (QED) is 0.466. The van der Waals surface area contributed by atoms with Gasteiger partial charge in [0.1, 0.15) is 6.10 Å². The van der Waals surface area contributed by atoms with Crippen LogP contribution in [0.4, 0.5) is 0 Å². The minimum absolute atomic E-state index is 0. The van der Waals surface area contributed by atoms with E-state index in [2.05, 4.69) is 17.1 Å². The second kappa shape index (κ2) is 15.7. The zero-order chi connectivity index (χ0) is 20.0. The first-order valence-electron chi connectivity index (χ1n) is 11.0. The molecule has 2 atom stereocenters. The third kappa shape index (κ3) is 10.4. The fourth-order valence-electron chi connectivity index (χ4n) is 3.69. The molecule has 1 heterocycles. The number of aliphatic hydroxyl groups excluding tert-OH is 1. The Bertz CT molecular complexity index is 538. The van der Waals surface area contributed by atoms with Crippen molar-refractivity contribution in [3.05, 3.63) is 35.9 Å². The normalized spacial score (nSPS) is 16.6. The first-order chi connectivity index (χ1) is 13.7. The maximum absolute atomic E-state index is 12.5. The van der Waals surface area contributed by atoms with Gasteiger partial charge in [0.2, 0.25) is 5.91 Å². The largest absolute Gasteiger partial charge is 0.386 e. The summed E-state index contributed by atoms with van der Waals surface area (Å²) in [5.74, 6) is 0.0433. The van der Waals surface area contributed by atoms with Gasteiger partial charge in [0, 0.05) is 26.1 Å². The SMILES string of the molecule is CCCCCCCCCC(=O)N[C@@H](CN1CCOCC1)[C@@H](O)c1ccccc1.Cl. The molecule has 5 nitrogen and oxygen atoms in total. The van der Waals surface area contributed by atoms with Crippen LogP contribution >= 0.6 is 12.4 Å². The molecule has 0 aromatic heterocycles. The molecule has 1 aliphatic heterocycles. The van der Waals surface area contributed by atoms with Crippen molar-refractivity contribution >= 4 is 18.3 Å². The highest BCUT2D eigenvalue weighted by molar-refractivity contribution is 5.85. The molecule has 0 bridgehead atoms. The third-order valence-corrected chi connectivity index (χ3v) is 5.43. The van der Waals surface area contributed by atoms with Crippen molar-refractivity contribution in [2.75, 3.05) is 32.8 Å². The Kier molecular flexibility index (Phi) is 14.0. The molecule has 0 unspecified atom stereocenters. The van der Waals surface area contributed by atoms with Gasteiger partial charge in [-0.1, -0.05) is 75.8 Å². The fourth-order valence-corrected chi connectivity index (χ4v) is 3.69. The highest BCUT2D eigenvalue weighted by Crippen LogP contribution is 2.18. The number of aliphatic hydroxyl groups is 1. The number of morpholine rings is 1. The summed E-state index contributed by atoms with van der Waals surface area (Å²) in [6, 6.07) is 9.30. The number of nitrogens with one attached hydrogen (secondary N) is 1. The number of carbonyl (C=O) groups is 1. The van der Waals surface area contributed by atoms with Crippen LogP contribution in [0.15, 0.2) is 30.3 Å². The highest BCUT2D eigenvalue weighted by atomic mass is 35.5. The Morgan fingerprint density at radius 2 is 1.69 bits per heavy atom. The summed E-state index contributed by atoms with van der Waals surface area (Å²) in [5, 5.41) is 14.0. The summed E-state index contributed by atoms with van der Waals surface area (Å²) in [5.41, 5.74) is 0.844. The topological polar surface area (TPSA) is 61.8 Å². The summed E-state index contributed by atoms with van der Waals surface area (Å²) in [7, 11) is 0. The standard InChI is InChI=1S/C23H38N2O3.ClH/c1-2-3-4-5-6-7-11-14-22(26)24-21(19-25-15-17-28-18-16-25)23(27)20-12-9-8-10-13-20;/h8-10,12-13,21,23,27H,2-7,11,14-19H2,1H3,(H,24,26);1H/t21-,23-;/m0./s1. The van der Waals surface area contributed by atoms with Gasteiger partial charge < -0.3 is 15.2 Å². The number of carbonyl (C=O) groups excluding carboxylic acids is 1. The molecule has 166 valence electrons. The Hall–Kier alpha value is -1.14. The Morgan fingerprint density at radius 3 is 2.34 bits per heavy atom. The minimum Gasteiger partial charge on any atom is -0.386 e. The molecule has 2 rings (SSSR count). The van der Waals surface area contributed by atoms with E-state index in [9.17, 15) is 9.90 Å². The molecule has 1 amide bonds. The molecule has 1 saturated heterocycles. The van der Waals surface area contributed by atoms with Gasteiger partial charge in [0.25, 0.3) is 0 Å². The van der Waals surface area contributed by atoms with Gasteiger partial charge >= 0.3 is 0 Å². The lowest BCUT2D eigenvalue weighted by Crippen LogP contribution is -2.49. The maximum Gasteiger partial charge on any atom is 0.220 e. The number of hydrogen-bond donors (Lipinski definition) is 2. The Balaban J connectivity index is 0.00000420. The first kappa shape index (κ1) is 25.9. The minimum atomic E-state index is -0.706. The van der Waals surface area contributed by atoms with Crippen molar-refractivity contribution < 1.29 is 14.6 Å². The summed E-state index contributed by atoms with van der Waals surface area (Å²) in [6.07, 6.45) is 8.19. The van der Waals surface area contributed by atoms with Gasteiger partial charge in [0.05, 0.1) is 19.3 Å². The molecule has 0 radical (unpaired) electrons. The van der Waals surface area contributed by atoms with Crippen LogP contribution in [-0.4, -0.2) is 54.8 Å². The molecular weight excluding hydrogens is 388 g/mol. The molecule has 0 saturated carbocycles. The van der Waals surface area contributed by atoms with E-state index in [-0.39, 0.29) is 24.4 Å². The van der Waals surface area contributed by atoms with E-state index in [1.54, 1.807) is 0 Å². The number of benzene rings is 1. The summed E-state index contributed by atoms with van der Waals surface area (Å²) in [4.78, 5) is 14.8. The van der Waals surface area contributed by atoms with Crippen molar-refractivity contribution in [3.8, 4) is 0 Å². The van der Waals surface area contributed by atoms with Gasteiger partial charge in [-0.15, -0.1) is 12.4 Å². The average Bonchev–Trinajstić information content (AvgIpc) is 2.73. The lowest BCUT2D eigenvalue weighted by molar-refractivity contribution is -0.123. The van der Waals surface area contributed by atoms with Crippen molar-refractivity contribution in [1.29, 1.82) is 0 Å². The predicted molar refractivity (Wildman–Crippen MR) is 120 cm³/mol. The second-order valence-electron chi connectivity index (χ2n) is 7.81. The molecule has 6 heteroatoms. The van der Waals surface area contributed by atoms with Crippen molar-refractivity contribution in [3.63, 3.8) is 0 Å². The van der Waals surface area contributed by atoms with E-state index < -0.39 is 6.10 Å². The van der Waals surface area contributed by atoms with Crippen LogP contribution in [0.3, 0.4) is 0 Å². The molecule has 1 aromatic rings. The monoisotopic (exact) mass is 426 g/mol. The molecule has 1 aliphatic rings. The summed E-state index contributed by atoms with van der Waals surface area (Å²) < 4.78 is 5.42. The average molecular weight is 427 g/mol. The smallest absolute Gasteiger partial charge is 0.220 e. The molecule has 2 N–H and O–H groups in total. The second-order valence-corrected chi connectivity index (χ2v) is 7.81. The summed E-state index contributed by atoms with van der Waals surface area (Å²) in [6.45, 7) is 5.96. The van der Waals surface area contributed by atoms with Gasteiger partial charge in [0.15, 0.2) is 0 Å². The van der Waals surface area contributed by atoms with E-state index in [0.29, 0.717) is 26.2 Å². The van der Waals surface area contributed by atoms with Crippen LogP contribution in [0.1, 0.15) is 70.0 Å². The Labute approximate surface area is 182 Å². The van der Waals surface area contributed by atoms with Crippen LogP contribution in [-0.2, 0) is 9.53 Å². The molecule has 29 heavy (non-hydrogen) atoms. The zero-order valence-electron chi connectivity index (χ0n) is 17.9. The van der Waals surface area contributed by atoms with Crippen LogP contribution in [0.2, 0.25) is 0 Å². The van der Waals surface area contributed by atoms with Gasteiger partial charge in [-0.05, 0) is 12.0 Å². The zero-order valence-corrected chi connectivity index (χ0v) is 18.7. The molecular formula is C23H39ClN2O3. The highest BCUT2D eigenvalue weighted by Gasteiger charge is 2.26. The number of halogens is 1. The lowest BCUT2D eigenvalue weighted by Gasteiger charge is -2.33. The van der Waals surface area contributed by atoms with Crippen molar-refractivity contribution in [2.24, 2.45) is 0 Å². The van der Waals surface area contributed by atoms with Crippen LogP contribution in [0.25, 0.3) is 0 Å². The van der Waals surface area contributed by atoms with Crippen LogP contribution < -0.4 is 5.32 Å². The molecule has 0 spiro atoms. The number of nitrogens with zero attached hydrogens (tertiary/aromatic N) is 1. The maximum atomic E-state index is 12.5. The third-order valence-electron chi connectivity index (χ3n) is 5.43. The van der Waals surface area contributed by atoms with Gasteiger partial charge in [-0.25, -0.2) is 0 Å². The van der Waals surface area contributed by atoms with Crippen molar-refractivity contribution in [2.45, 2.75) is 70.4 Å². The lowest BCUT2D eigenvalue weighted by atomic mass is 10.0. The van der Waals surface area contributed by atoms with Crippen molar-refractivity contribution in [1.82, 2.24) is 10.2 Å². The van der Waals surface area contributed by atoms with E-state index >= 15 is 0 Å². The fraction of sp³-hybridized carbons (Fsp3) is 0.696. The molecule has 1 fully saturated rings. The van der Waals surface area contributed by atoms with Gasteiger partial charge in [-0.2, -0.15) is 0 Å². The number of ether oxygens (including phenoxy) is 1. The number of amides is 1. The molecule has 1 aromatic carbocycles. The predicted octanol–water partition coefficient (Wildman–Crippen LogP) is 4.10. The Morgan fingerprint density at radius 1 is 1.07 bits per heavy atom. The number of rotatable bonds is 13. The number of hydrogen-bond acceptors (Lipinski definition) is 4. The van der Waals surface area contributed by atoms with E-state index in [1.807, 2.05) is 30.3 Å². The van der Waals surface area contributed by atoms with Crippen LogP contribution in [0, 0.1) is 0 Å². The van der Waals surface area contributed by atoms with E-state index in [0.717, 1.165) is 31.5 Å². The first-order valence-corrected chi connectivity index (χ1v) is 11.0. The number of unbranched alkanes of at least 4 members (excludes halogenated alkanes) is 6. The van der Waals surface area contributed by atoms with Gasteiger partial charge in [-0.3, -0.25) is 9.69 Å². The molecule has 0 aliphatic carbocycles. The van der Waals surface area contributed by atoms with Crippen LogP contribution in [0.5, 0.6) is 0 Å².